The molecule has 0 aromatic carbocycles. The van der Waals surface area contributed by atoms with Gasteiger partial charge in [-0.3, -0.25) is 4.79 Å². The summed E-state index contributed by atoms with van der Waals surface area (Å²) in [7, 11) is 0. The van der Waals surface area contributed by atoms with Crippen molar-refractivity contribution in [3.05, 3.63) is 18.1 Å². The number of nitrogens with two attached hydrogens (primary N) is 1. The van der Waals surface area contributed by atoms with Crippen LogP contribution in [0.15, 0.2) is 12.4 Å². The van der Waals surface area contributed by atoms with E-state index < -0.39 is 0 Å². The summed E-state index contributed by atoms with van der Waals surface area (Å²) in [5, 5.41) is 2.82. The van der Waals surface area contributed by atoms with E-state index in [2.05, 4.69) is 39.5 Å². The number of nitrogens with one attached hydrogen (secondary N) is 2. The molecule has 0 saturated carbocycles. The highest BCUT2D eigenvalue weighted by molar-refractivity contribution is 5.91. The van der Waals surface area contributed by atoms with Gasteiger partial charge in [-0.2, -0.15) is 0 Å². The van der Waals surface area contributed by atoms with E-state index in [-0.39, 0.29) is 5.91 Å². The highest BCUT2D eigenvalue weighted by Gasteiger charge is 2.07. The van der Waals surface area contributed by atoms with Crippen LogP contribution in [0.25, 0.3) is 0 Å². The lowest BCUT2D eigenvalue weighted by Gasteiger charge is -2.17. The predicted octanol–water partition coefficient (Wildman–Crippen LogP) is 0.224. The number of nitrogen functional groups attached to an aromatic ring is 1. The molecule has 0 saturated heterocycles. The van der Waals surface area contributed by atoms with Gasteiger partial charge in [0, 0.05) is 6.54 Å². The lowest BCUT2D eigenvalue weighted by molar-refractivity contribution is 0.0946. The molecule has 0 aliphatic rings. The molecule has 1 aromatic rings. The Morgan fingerprint density at radius 3 is 2.58 bits per heavy atom. The third kappa shape index (κ3) is 5.19. The van der Waals surface area contributed by atoms with Crippen LogP contribution in [-0.2, 0) is 0 Å². The molecule has 0 bridgehead atoms. The molecule has 0 aliphatic carbocycles. The third-order valence-corrected chi connectivity index (χ3v) is 2.86. The van der Waals surface area contributed by atoms with Crippen molar-refractivity contribution in [2.45, 2.75) is 20.3 Å². The van der Waals surface area contributed by atoms with Crippen LogP contribution in [0.2, 0.25) is 0 Å². The molecule has 0 atom stereocenters. The van der Waals surface area contributed by atoms with E-state index in [1.54, 1.807) is 0 Å². The summed E-state index contributed by atoms with van der Waals surface area (Å²) in [5.74, 6) is 5.39. The van der Waals surface area contributed by atoms with Crippen molar-refractivity contribution >= 4 is 11.7 Å². The zero-order valence-electron chi connectivity index (χ0n) is 11.5. The molecule has 0 aliphatic heterocycles. The number of hydrogen-bond donors (Lipinski definition) is 3. The summed E-state index contributed by atoms with van der Waals surface area (Å²) >= 11 is 0. The fourth-order valence-corrected chi connectivity index (χ4v) is 1.65. The summed E-state index contributed by atoms with van der Waals surface area (Å²) < 4.78 is 0. The number of carbonyl (C=O) groups excluding carboxylic acids is 1. The lowest BCUT2D eigenvalue weighted by Crippen LogP contribution is -2.30. The monoisotopic (exact) mass is 266 g/mol. The van der Waals surface area contributed by atoms with Crippen LogP contribution in [0.5, 0.6) is 0 Å². The first-order valence-corrected chi connectivity index (χ1v) is 6.50. The van der Waals surface area contributed by atoms with Gasteiger partial charge in [-0.1, -0.05) is 13.8 Å². The largest absolute Gasteiger partial charge is 0.351 e. The van der Waals surface area contributed by atoms with E-state index in [0.717, 1.165) is 26.1 Å². The molecule has 0 unspecified atom stereocenters. The van der Waals surface area contributed by atoms with Crippen molar-refractivity contribution < 1.29 is 4.79 Å². The second-order valence-corrected chi connectivity index (χ2v) is 4.07. The average molecular weight is 266 g/mol. The number of hydrazine groups is 1. The molecular formula is C12H22N6O. The molecule has 1 rings (SSSR count). The Kier molecular flexibility index (Phi) is 6.76. The summed E-state index contributed by atoms with van der Waals surface area (Å²) in [6.07, 6.45) is 3.74. The van der Waals surface area contributed by atoms with Crippen molar-refractivity contribution in [1.29, 1.82) is 0 Å². The Morgan fingerprint density at radius 2 is 2.05 bits per heavy atom. The van der Waals surface area contributed by atoms with Gasteiger partial charge in [-0.25, -0.2) is 15.8 Å². The molecule has 106 valence electrons. The molecule has 4 N–H and O–H groups in total. The fraction of sp³-hybridized carbons (Fsp3) is 0.583. The standard InChI is InChI=1S/C12H22N6O/c1-3-18(4-2)7-5-6-14-12(19)10-8-16-11(17-13)9-15-10/h8-9H,3-7,13H2,1-2H3,(H,14,19)(H,16,17). The Bertz CT molecular complexity index is 376. The summed E-state index contributed by atoms with van der Waals surface area (Å²) in [6, 6.07) is 0. The van der Waals surface area contributed by atoms with Gasteiger partial charge >= 0.3 is 0 Å². The van der Waals surface area contributed by atoms with Crippen LogP contribution in [0, 0.1) is 0 Å². The van der Waals surface area contributed by atoms with Gasteiger partial charge < -0.3 is 15.6 Å². The number of hydrogen-bond acceptors (Lipinski definition) is 6. The summed E-state index contributed by atoms with van der Waals surface area (Å²) in [4.78, 5) is 22.0. The maximum absolute atomic E-state index is 11.7. The number of carbonyl (C=O) groups is 1. The van der Waals surface area contributed by atoms with Gasteiger partial charge in [0.25, 0.3) is 5.91 Å². The van der Waals surface area contributed by atoms with Gasteiger partial charge in [0.15, 0.2) is 5.82 Å². The minimum absolute atomic E-state index is 0.212. The van der Waals surface area contributed by atoms with Crippen molar-refractivity contribution in [1.82, 2.24) is 20.2 Å². The minimum Gasteiger partial charge on any atom is -0.351 e. The minimum atomic E-state index is -0.212. The summed E-state index contributed by atoms with van der Waals surface area (Å²) in [6.45, 7) is 7.94. The normalized spacial score (nSPS) is 10.5. The van der Waals surface area contributed by atoms with Crippen LogP contribution in [-0.4, -0.2) is 47.0 Å². The smallest absolute Gasteiger partial charge is 0.271 e. The van der Waals surface area contributed by atoms with Gasteiger partial charge in [0.05, 0.1) is 12.4 Å². The number of rotatable bonds is 8. The van der Waals surface area contributed by atoms with Gasteiger partial charge in [0.1, 0.15) is 5.69 Å². The first kappa shape index (κ1) is 15.3. The Labute approximate surface area is 113 Å². The molecule has 0 fully saturated rings. The van der Waals surface area contributed by atoms with Crippen LogP contribution < -0.4 is 16.6 Å². The quantitative estimate of drug-likeness (QED) is 0.354. The Balaban J connectivity index is 2.30. The molecule has 1 aromatic heterocycles. The van der Waals surface area contributed by atoms with E-state index in [4.69, 9.17) is 5.84 Å². The zero-order chi connectivity index (χ0) is 14.1. The van der Waals surface area contributed by atoms with E-state index in [1.807, 2.05) is 0 Å². The van der Waals surface area contributed by atoms with Gasteiger partial charge in [0.2, 0.25) is 0 Å². The van der Waals surface area contributed by atoms with Crippen molar-refractivity contribution in [2.24, 2.45) is 5.84 Å². The summed E-state index contributed by atoms with van der Waals surface area (Å²) in [5.41, 5.74) is 2.65. The molecule has 7 nitrogen and oxygen atoms in total. The third-order valence-electron chi connectivity index (χ3n) is 2.86. The highest BCUT2D eigenvalue weighted by Crippen LogP contribution is 1.98. The molecular weight excluding hydrogens is 244 g/mol. The second-order valence-electron chi connectivity index (χ2n) is 4.07. The number of nitrogens with zero attached hydrogens (tertiary/aromatic N) is 3. The van der Waals surface area contributed by atoms with Crippen LogP contribution in [0.4, 0.5) is 5.82 Å². The van der Waals surface area contributed by atoms with Crippen molar-refractivity contribution in [3.8, 4) is 0 Å². The fourth-order valence-electron chi connectivity index (χ4n) is 1.65. The molecule has 7 heteroatoms. The Hall–Kier alpha value is -1.73. The van der Waals surface area contributed by atoms with E-state index in [1.165, 1.54) is 12.4 Å². The average Bonchev–Trinajstić information content (AvgIpc) is 2.47. The lowest BCUT2D eigenvalue weighted by atomic mass is 10.3. The molecule has 0 radical (unpaired) electrons. The molecule has 1 amide bonds. The van der Waals surface area contributed by atoms with Crippen LogP contribution in [0.3, 0.4) is 0 Å². The Morgan fingerprint density at radius 1 is 1.32 bits per heavy atom. The predicted molar refractivity (Wildman–Crippen MR) is 74.6 cm³/mol. The first-order valence-electron chi connectivity index (χ1n) is 6.50. The van der Waals surface area contributed by atoms with Crippen molar-refractivity contribution in [3.63, 3.8) is 0 Å². The number of aromatic nitrogens is 2. The molecule has 0 spiro atoms. The van der Waals surface area contributed by atoms with Gasteiger partial charge in [-0.15, -0.1) is 0 Å². The van der Waals surface area contributed by atoms with E-state index in [9.17, 15) is 4.79 Å². The number of amides is 1. The second kappa shape index (κ2) is 8.39. The topological polar surface area (TPSA) is 96.2 Å². The van der Waals surface area contributed by atoms with E-state index >= 15 is 0 Å². The molecule has 1 heterocycles. The number of anilines is 1. The first-order chi connectivity index (χ1) is 9.21. The maximum Gasteiger partial charge on any atom is 0.271 e. The molecule has 19 heavy (non-hydrogen) atoms. The SMILES string of the molecule is CCN(CC)CCCNC(=O)c1cnc(NN)cn1. The van der Waals surface area contributed by atoms with E-state index in [0.29, 0.717) is 18.1 Å². The zero-order valence-corrected chi connectivity index (χ0v) is 11.5. The van der Waals surface area contributed by atoms with Crippen LogP contribution >= 0.6 is 0 Å². The maximum atomic E-state index is 11.7. The highest BCUT2D eigenvalue weighted by atomic mass is 16.1. The van der Waals surface area contributed by atoms with Crippen LogP contribution in [0.1, 0.15) is 30.8 Å². The van der Waals surface area contributed by atoms with Crippen molar-refractivity contribution in [2.75, 3.05) is 31.6 Å². The van der Waals surface area contributed by atoms with Gasteiger partial charge in [-0.05, 0) is 26.1 Å².